The molecule has 2 rings (SSSR count). The fraction of sp³-hybridized carbons (Fsp3) is 0.800. The predicted octanol–water partition coefficient (Wildman–Crippen LogP) is 0.707. The molecule has 1 aliphatic heterocycles. The molecule has 0 aromatic heterocycles. The first-order valence-electron chi connectivity index (χ1n) is 2.47. The standard InChI is InChI=1S/C5H7N/c1-4-2-6-3-5(1)4/h2,4-5H,1,3H2. The summed E-state index contributed by atoms with van der Waals surface area (Å²) in [4.78, 5) is 4.09. The van der Waals surface area contributed by atoms with Crippen molar-refractivity contribution in [1.29, 1.82) is 0 Å². The van der Waals surface area contributed by atoms with Crippen LogP contribution in [0.2, 0.25) is 0 Å². The molecule has 0 aromatic rings. The molecule has 1 nitrogen and oxygen atoms in total. The van der Waals surface area contributed by atoms with Gasteiger partial charge in [0, 0.05) is 12.8 Å². The monoisotopic (exact) mass is 81.1 g/mol. The van der Waals surface area contributed by atoms with Crippen LogP contribution in [0, 0.1) is 11.8 Å². The molecule has 0 saturated heterocycles. The van der Waals surface area contributed by atoms with Crippen molar-refractivity contribution in [3.8, 4) is 0 Å². The molecule has 0 spiro atoms. The molecule has 2 aliphatic rings. The Morgan fingerprint density at radius 2 is 2.67 bits per heavy atom. The summed E-state index contributed by atoms with van der Waals surface area (Å²) in [6.45, 7) is 1.13. The number of rotatable bonds is 0. The second-order valence-corrected chi connectivity index (χ2v) is 2.17. The highest BCUT2D eigenvalue weighted by Crippen LogP contribution is 2.40. The van der Waals surface area contributed by atoms with Gasteiger partial charge in [-0.15, -0.1) is 0 Å². The number of nitrogens with zero attached hydrogens (tertiary/aromatic N) is 1. The van der Waals surface area contributed by atoms with Crippen molar-refractivity contribution in [2.24, 2.45) is 16.8 Å². The lowest BCUT2D eigenvalue weighted by atomic mass is 10.4. The first-order chi connectivity index (χ1) is 2.97. The van der Waals surface area contributed by atoms with Crippen molar-refractivity contribution < 1.29 is 0 Å². The van der Waals surface area contributed by atoms with Crippen LogP contribution in [0.15, 0.2) is 4.99 Å². The molecule has 0 bridgehead atoms. The average molecular weight is 81.1 g/mol. The number of aliphatic imine (C=N–C) groups is 1. The molecule has 1 aliphatic carbocycles. The molecule has 1 heterocycles. The lowest BCUT2D eigenvalue weighted by molar-refractivity contribution is 0.864. The Bertz CT molecular complexity index is 96.1. The van der Waals surface area contributed by atoms with Crippen LogP contribution in [0.3, 0.4) is 0 Å². The summed E-state index contributed by atoms with van der Waals surface area (Å²) < 4.78 is 0. The maximum Gasteiger partial charge on any atom is 0.0420 e. The molecule has 0 aromatic carbocycles. The van der Waals surface area contributed by atoms with E-state index in [2.05, 4.69) is 11.2 Å². The molecule has 1 fully saturated rings. The summed E-state index contributed by atoms with van der Waals surface area (Å²) in [5, 5.41) is 0. The SMILES string of the molecule is C1=NCC2CC12. The van der Waals surface area contributed by atoms with Crippen molar-refractivity contribution in [3.05, 3.63) is 0 Å². The summed E-state index contributed by atoms with van der Waals surface area (Å²) in [6.07, 6.45) is 3.54. The Kier molecular flexibility index (Phi) is 0.312. The highest BCUT2D eigenvalue weighted by molar-refractivity contribution is 5.67. The van der Waals surface area contributed by atoms with Gasteiger partial charge in [-0.1, -0.05) is 0 Å². The molecule has 0 amide bonds. The smallest absolute Gasteiger partial charge is 0.0420 e. The molecular weight excluding hydrogens is 74.1 g/mol. The van der Waals surface area contributed by atoms with Gasteiger partial charge in [-0.05, 0) is 18.3 Å². The molecule has 32 valence electrons. The fourth-order valence-corrected chi connectivity index (χ4v) is 0.995. The third-order valence-electron chi connectivity index (χ3n) is 1.61. The van der Waals surface area contributed by atoms with Crippen LogP contribution >= 0.6 is 0 Å². The second kappa shape index (κ2) is 0.673. The molecule has 2 unspecified atom stereocenters. The third kappa shape index (κ3) is 0.192. The van der Waals surface area contributed by atoms with Gasteiger partial charge in [-0.25, -0.2) is 0 Å². The van der Waals surface area contributed by atoms with Gasteiger partial charge in [0.25, 0.3) is 0 Å². The predicted molar refractivity (Wildman–Crippen MR) is 25.0 cm³/mol. The summed E-state index contributed by atoms with van der Waals surface area (Å²) in [6, 6.07) is 0. The van der Waals surface area contributed by atoms with Crippen LogP contribution in [-0.2, 0) is 0 Å². The largest absolute Gasteiger partial charge is 0.297 e. The zero-order valence-corrected chi connectivity index (χ0v) is 3.59. The molecular formula is C5H7N. The van der Waals surface area contributed by atoms with Crippen molar-refractivity contribution >= 4 is 6.21 Å². The third-order valence-corrected chi connectivity index (χ3v) is 1.61. The van der Waals surface area contributed by atoms with Gasteiger partial charge in [-0.3, -0.25) is 4.99 Å². The fourth-order valence-electron chi connectivity index (χ4n) is 0.995. The van der Waals surface area contributed by atoms with E-state index in [0.29, 0.717) is 0 Å². The maximum absolute atomic E-state index is 4.09. The molecule has 1 heteroatoms. The Labute approximate surface area is 37.1 Å². The summed E-state index contributed by atoms with van der Waals surface area (Å²) in [5.41, 5.74) is 0. The van der Waals surface area contributed by atoms with Crippen molar-refractivity contribution in [2.75, 3.05) is 6.54 Å². The first-order valence-corrected chi connectivity index (χ1v) is 2.47. The minimum Gasteiger partial charge on any atom is -0.297 e. The van der Waals surface area contributed by atoms with Gasteiger partial charge in [0.05, 0.1) is 0 Å². The van der Waals surface area contributed by atoms with Gasteiger partial charge >= 0.3 is 0 Å². The average Bonchev–Trinajstić information content (AvgIpc) is 2.17. The van der Waals surface area contributed by atoms with Crippen LogP contribution in [-0.4, -0.2) is 12.8 Å². The lowest BCUT2D eigenvalue weighted by Crippen LogP contribution is -1.72. The molecule has 6 heavy (non-hydrogen) atoms. The van der Waals surface area contributed by atoms with Crippen LogP contribution in [0.25, 0.3) is 0 Å². The Balaban J connectivity index is 2.26. The van der Waals surface area contributed by atoms with Gasteiger partial charge in [0.15, 0.2) is 0 Å². The normalized spacial score (nSPS) is 49.3. The van der Waals surface area contributed by atoms with Crippen LogP contribution < -0.4 is 0 Å². The molecule has 1 saturated carbocycles. The van der Waals surface area contributed by atoms with Crippen molar-refractivity contribution in [1.82, 2.24) is 0 Å². The van der Waals surface area contributed by atoms with Crippen LogP contribution in [0.1, 0.15) is 6.42 Å². The van der Waals surface area contributed by atoms with E-state index in [1.807, 2.05) is 0 Å². The second-order valence-electron chi connectivity index (χ2n) is 2.17. The van der Waals surface area contributed by atoms with E-state index >= 15 is 0 Å². The van der Waals surface area contributed by atoms with Crippen LogP contribution in [0.5, 0.6) is 0 Å². The minimum atomic E-state index is 0.921. The zero-order valence-electron chi connectivity index (χ0n) is 3.59. The van der Waals surface area contributed by atoms with Gasteiger partial charge in [0.2, 0.25) is 0 Å². The summed E-state index contributed by atoms with van der Waals surface area (Å²) in [5.74, 6) is 1.91. The van der Waals surface area contributed by atoms with E-state index in [1.54, 1.807) is 0 Å². The van der Waals surface area contributed by atoms with E-state index in [9.17, 15) is 0 Å². The molecule has 0 radical (unpaired) electrons. The van der Waals surface area contributed by atoms with E-state index < -0.39 is 0 Å². The number of hydrogen-bond acceptors (Lipinski definition) is 1. The lowest BCUT2D eigenvalue weighted by Gasteiger charge is -1.73. The van der Waals surface area contributed by atoms with Gasteiger partial charge < -0.3 is 0 Å². The molecule has 0 N–H and O–H groups in total. The van der Waals surface area contributed by atoms with E-state index in [-0.39, 0.29) is 0 Å². The topological polar surface area (TPSA) is 12.4 Å². The number of hydrogen-bond donors (Lipinski definition) is 0. The van der Waals surface area contributed by atoms with Crippen LogP contribution in [0.4, 0.5) is 0 Å². The highest BCUT2D eigenvalue weighted by Gasteiger charge is 2.38. The summed E-state index contributed by atoms with van der Waals surface area (Å²) >= 11 is 0. The van der Waals surface area contributed by atoms with E-state index in [4.69, 9.17) is 0 Å². The minimum absolute atomic E-state index is 0.921. The molecule has 2 atom stereocenters. The van der Waals surface area contributed by atoms with Crippen molar-refractivity contribution in [2.45, 2.75) is 6.42 Å². The van der Waals surface area contributed by atoms with Gasteiger partial charge in [-0.2, -0.15) is 0 Å². The zero-order chi connectivity index (χ0) is 3.98. The first kappa shape index (κ1) is 2.78. The Hall–Kier alpha value is -0.330. The Morgan fingerprint density at radius 1 is 1.67 bits per heavy atom. The van der Waals surface area contributed by atoms with Gasteiger partial charge in [0.1, 0.15) is 0 Å². The number of fused-ring (bicyclic) bond motifs is 1. The van der Waals surface area contributed by atoms with Crippen molar-refractivity contribution in [3.63, 3.8) is 0 Å². The van der Waals surface area contributed by atoms with E-state index in [0.717, 1.165) is 18.4 Å². The van der Waals surface area contributed by atoms with E-state index in [1.165, 1.54) is 6.42 Å². The quantitative estimate of drug-likeness (QED) is 0.407. The highest BCUT2D eigenvalue weighted by atomic mass is 14.8. The maximum atomic E-state index is 4.09. The summed E-state index contributed by atoms with van der Waals surface area (Å²) in [7, 11) is 0. The Morgan fingerprint density at radius 3 is 2.83 bits per heavy atom.